The standard InChI is InChI=1S/C22H29N/c1-16(2)21-19(17-12-8-6-9-13-17)20(22(3,4)23(21)5)18-14-10-7-11-15-18/h6-16,19-21H,1-5H3/t19-,20-,21-/m1/s1. The van der Waals surface area contributed by atoms with Crippen molar-refractivity contribution in [3.63, 3.8) is 0 Å². The van der Waals surface area contributed by atoms with Crippen LogP contribution in [0.25, 0.3) is 0 Å². The van der Waals surface area contributed by atoms with Gasteiger partial charge >= 0.3 is 0 Å². The van der Waals surface area contributed by atoms with Crippen LogP contribution < -0.4 is 0 Å². The Bertz CT molecular complexity index is 630. The summed E-state index contributed by atoms with van der Waals surface area (Å²) in [4.78, 5) is 2.62. The zero-order chi connectivity index (χ0) is 16.6. The molecule has 122 valence electrons. The summed E-state index contributed by atoms with van der Waals surface area (Å²) in [5.74, 6) is 1.65. The minimum absolute atomic E-state index is 0.136. The second kappa shape index (κ2) is 6.13. The Morgan fingerprint density at radius 1 is 0.826 bits per heavy atom. The van der Waals surface area contributed by atoms with Gasteiger partial charge in [0.05, 0.1) is 0 Å². The topological polar surface area (TPSA) is 3.24 Å². The fraction of sp³-hybridized carbons (Fsp3) is 0.455. The Hall–Kier alpha value is -1.60. The lowest BCUT2D eigenvalue weighted by molar-refractivity contribution is 0.132. The molecule has 0 aliphatic carbocycles. The predicted molar refractivity (Wildman–Crippen MR) is 98.8 cm³/mol. The smallest absolute Gasteiger partial charge is 0.0228 e. The number of hydrogen-bond donors (Lipinski definition) is 0. The van der Waals surface area contributed by atoms with Gasteiger partial charge in [-0.2, -0.15) is 0 Å². The summed E-state index contributed by atoms with van der Waals surface area (Å²) in [6.45, 7) is 9.53. The third-order valence-electron chi connectivity index (χ3n) is 5.87. The molecule has 1 saturated heterocycles. The number of likely N-dealkylation sites (N-methyl/N-ethyl adjacent to an activating group) is 1. The van der Waals surface area contributed by atoms with Crippen molar-refractivity contribution in [2.45, 2.75) is 51.1 Å². The van der Waals surface area contributed by atoms with Gasteiger partial charge in [-0.1, -0.05) is 74.5 Å². The maximum atomic E-state index is 2.62. The lowest BCUT2D eigenvalue weighted by atomic mass is 9.72. The Morgan fingerprint density at radius 3 is 1.78 bits per heavy atom. The third kappa shape index (κ3) is 2.72. The minimum Gasteiger partial charge on any atom is -0.297 e. The molecule has 0 bridgehead atoms. The number of nitrogens with zero attached hydrogens (tertiary/aromatic N) is 1. The molecular weight excluding hydrogens is 278 g/mol. The molecule has 3 atom stereocenters. The molecule has 1 heteroatoms. The van der Waals surface area contributed by atoms with Gasteiger partial charge in [0.15, 0.2) is 0 Å². The summed E-state index contributed by atoms with van der Waals surface area (Å²) in [6.07, 6.45) is 0. The molecular formula is C22H29N. The first-order valence-electron chi connectivity index (χ1n) is 8.77. The summed E-state index contributed by atoms with van der Waals surface area (Å²) in [6, 6.07) is 22.7. The highest BCUT2D eigenvalue weighted by Crippen LogP contribution is 2.54. The van der Waals surface area contributed by atoms with E-state index in [2.05, 4.69) is 100 Å². The molecule has 2 aromatic carbocycles. The maximum Gasteiger partial charge on any atom is 0.0228 e. The fourth-order valence-corrected chi connectivity index (χ4v) is 4.68. The van der Waals surface area contributed by atoms with Gasteiger partial charge < -0.3 is 0 Å². The predicted octanol–water partition coefficient (Wildman–Crippen LogP) is 5.30. The summed E-state index contributed by atoms with van der Waals surface area (Å²) >= 11 is 0. The first kappa shape index (κ1) is 16.3. The van der Waals surface area contributed by atoms with Crippen LogP contribution in [0, 0.1) is 5.92 Å². The van der Waals surface area contributed by atoms with Crippen LogP contribution in [-0.4, -0.2) is 23.5 Å². The van der Waals surface area contributed by atoms with E-state index in [0.717, 1.165) is 0 Å². The van der Waals surface area contributed by atoms with Crippen LogP contribution >= 0.6 is 0 Å². The van der Waals surface area contributed by atoms with E-state index in [9.17, 15) is 0 Å². The molecule has 0 amide bonds. The minimum atomic E-state index is 0.136. The summed E-state index contributed by atoms with van der Waals surface area (Å²) in [7, 11) is 2.31. The molecule has 1 fully saturated rings. The molecule has 0 N–H and O–H groups in total. The fourth-order valence-electron chi connectivity index (χ4n) is 4.68. The highest BCUT2D eigenvalue weighted by atomic mass is 15.2. The third-order valence-corrected chi connectivity index (χ3v) is 5.87. The molecule has 0 spiro atoms. The van der Waals surface area contributed by atoms with Gasteiger partial charge in [0.25, 0.3) is 0 Å². The van der Waals surface area contributed by atoms with Crippen LogP contribution in [0.5, 0.6) is 0 Å². The first-order chi connectivity index (χ1) is 10.9. The van der Waals surface area contributed by atoms with Gasteiger partial charge in [-0.3, -0.25) is 4.90 Å². The van der Waals surface area contributed by atoms with Crippen molar-refractivity contribution in [1.82, 2.24) is 4.90 Å². The molecule has 1 aliphatic rings. The van der Waals surface area contributed by atoms with E-state index >= 15 is 0 Å². The Labute approximate surface area is 141 Å². The SMILES string of the molecule is CC(C)[C@@H]1[C@H](c2ccccc2)[C@@H](c2ccccc2)C(C)(C)N1C. The lowest BCUT2D eigenvalue weighted by Gasteiger charge is -2.36. The van der Waals surface area contributed by atoms with Crippen molar-refractivity contribution in [1.29, 1.82) is 0 Å². The summed E-state index contributed by atoms with van der Waals surface area (Å²) < 4.78 is 0. The van der Waals surface area contributed by atoms with Crippen LogP contribution in [0.3, 0.4) is 0 Å². The molecule has 1 nitrogen and oxygen atoms in total. The van der Waals surface area contributed by atoms with Gasteiger partial charge in [-0.15, -0.1) is 0 Å². The van der Waals surface area contributed by atoms with Crippen molar-refractivity contribution in [2.24, 2.45) is 5.92 Å². The lowest BCUT2D eigenvalue weighted by Crippen LogP contribution is -2.43. The van der Waals surface area contributed by atoms with Gasteiger partial charge in [0, 0.05) is 23.4 Å². The van der Waals surface area contributed by atoms with Crippen molar-refractivity contribution in [3.8, 4) is 0 Å². The number of likely N-dealkylation sites (tertiary alicyclic amines) is 1. The van der Waals surface area contributed by atoms with E-state index < -0.39 is 0 Å². The number of benzene rings is 2. The van der Waals surface area contributed by atoms with Crippen molar-refractivity contribution >= 4 is 0 Å². The van der Waals surface area contributed by atoms with E-state index in [0.29, 0.717) is 23.8 Å². The van der Waals surface area contributed by atoms with Crippen LogP contribution in [-0.2, 0) is 0 Å². The van der Waals surface area contributed by atoms with Crippen molar-refractivity contribution in [3.05, 3.63) is 71.8 Å². The van der Waals surface area contributed by atoms with E-state index in [-0.39, 0.29) is 5.54 Å². The van der Waals surface area contributed by atoms with E-state index in [1.165, 1.54) is 11.1 Å². The van der Waals surface area contributed by atoms with Crippen LogP contribution in [0.1, 0.15) is 50.7 Å². The Balaban J connectivity index is 2.16. The van der Waals surface area contributed by atoms with Crippen molar-refractivity contribution < 1.29 is 0 Å². The summed E-state index contributed by atoms with van der Waals surface area (Å²) in [5.41, 5.74) is 3.07. The highest BCUT2D eigenvalue weighted by Gasteiger charge is 2.53. The zero-order valence-corrected chi connectivity index (χ0v) is 15.0. The monoisotopic (exact) mass is 307 g/mol. The van der Waals surface area contributed by atoms with Gasteiger partial charge in [-0.05, 0) is 37.9 Å². The van der Waals surface area contributed by atoms with Crippen molar-refractivity contribution in [2.75, 3.05) is 7.05 Å². The normalized spacial score (nSPS) is 27.5. The molecule has 0 unspecified atom stereocenters. The van der Waals surface area contributed by atoms with Crippen LogP contribution in [0.4, 0.5) is 0 Å². The molecule has 2 aromatic rings. The molecule has 0 radical (unpaired) electrons. The van der Waals surface area contributed by atoms with E-state index in [4.69, 9.17) is 0 Å². The maximum absolute atomic E-state index is 2.62. The highest BCUT2D eigenvalue weighted by molar-refractivity contribution is 5.36. The van der Waals surface area contributed by atoms with Crippen LogP contribution in [0.2, 0.25) is 0 Å². The van der Waals surface area contributed by atoms with Crippen LogP contribution in [0.15, 0.2) is 60.7 Å². The van der Waals surface area contributed by atoms with E-state index in [1.54, 1.807) is 0 Å². The largest absolute Gasteiger partial charge is 0.297 e. The second-order valence-corrected chi connectivity index (χ2v) is 7.82. The summed E-state index contributed by atoms with van der Waals surface area (Å²) in [5, 5.41) is 0. The molecule has 0 saturated carbocycles. The number of rotatable bonds is 3. The Kier molecular flexibility index (Phi) is 4.33. The second-order valence-electron chi connectivity index (χ2n) is 7.82. The Morgan fingerprint density at radius 2 is 1.30 bits per heavy atom. The van der Waals surface area contributed by atoms with Gasteiger partial charge in [0.1, 0.15) is 0 Å². The zero-order valence-electron chi connectivity index (χ0n) is 15.0. The van der Waals surface area contributed by atoms with E-state index in [1.807, 2.05) is 0 Å². The first-order valence-corrected chi connectivity index (χ1v) is 8.77. The van der Waals surface area contributed by atoms with Gasteiger partial charge in [-0.25, -0.2) is 0 Å². The molecule has 1 heterocycles. The number of hydrogen-bond acceptors (Lipinski definition) is 1. The quantitative estimate of drug-likeness (QED) is 0.743. The average molecular weight is 307 g/mol. The average Bonchev–Trinajstić information content (AvgIpc) is 2.76. The molecule has 1 aliphatic heterocycles. The molecule has 23 heavy (non-hydrogen) atoms. The molecule has 0 aromatic heterocycles. The molecule has 3 rings (SSSR count). The van der Waals surface area contributed by atoms with Gasteiger partial charge in [0.2, 0.25) is 0 Å².